The molecule has 41 heavy (non-hydrogen) atoms. The zero-order valence-electron chi connectivity index (χ0n) is 23.1. The number of methoxy groups -OCH3 is 1. The van der Waals surface area contributed by atoms with Crippen molar-refractivity contribution in [3.63, 3.8) is 0 Å². The van der Waals surface area contributed by atoms with E-state index >= 15 is 0 Å². The number of aliphatic carboxylic acids is 1. The molecule has 212 valence electrons. The highest BCUT2D eigenvalue weighted by Crippen LogP contribution is 2.49. The van der Waals surface area contributed by atoms with Crippen molar-refractivity contribution < 1.29 is 19.4 Å². The Morgan fingerprint density at radius 2 is 1.78 bits per heavy atom. The number of carboxylic acid groups (broad SMARTS) is 1. The Morgan fingerprint density at radius 1 is 1.00 bits per heavy atom. The third-order valence-electron chi connectivity index (χ3n) is 7.23. The third-order valence-corrected chi connectivity index (χ3v) is 8.13. The van der Waals surface area contributed by atoms with Crippen LogP contribution in [-0.4, -0.2) is 34.9 Å². The summed E-state index contributed by atoms with van der Waals surface area (Å²) in [7, 11) is 1.42. The predicted molar refractivity (Wildman–Crippen MR) is 170 cm³/mol. The molecule has 0 bridgehead atoms. The fraction of sp³-hybridized carbons (Fsp3) is 0.265. The van der Waals surface area contributed by atoms with Crippen LogP contribution in [0.25, 0.3) is 23.1 Å². The Bertz CT molecular complexity index is 1550. The van der Waals surface area contributed by atoms with E-state index in [1.165, 1.54) is 12.7 Å². The lowest BCUT2D eigenvalue weighted by molar-refractivity contribution is -0.138. The number of hydrogen-bond donors (Lipinski definition) is 2. The first-order valence-electron chi connectivity index (χ1n) is 13.6. The van der Waals surface area contributed by atoms with Gasteiger partial charge in [-0.15, -0.1) is 0 Å². The first kappa shape index (κ1) is 30.4. The number of ether oxygens (including phenoxy) is 1. The molecule has 1 fully saturated rings. The molecule has 0 spiro atoms. The molecule has 0 aliphatic heterocycles. The van der Waals surface area contributed by atoms with Gasteiger partial charge in [0.1, 0.15) is 0 Å². The fourth-order valence-electron chi connectivity index (χ4n) is 4.65. The van der Waals surface area contributed by atoms with Gasteiger partial charge >= 0.3 is 11.9 Å². The molecular formula is C34H34ClNO4S. The van der Waals surface area contributed by atoms with E-state index < -0.39 is 5.97 Å². The maximum atomic E-state index is 11.9. The van der Waals surface area contributed by atoms with Crippen molar-refractivity contribution in [2.75, 3.05) is 12.9 Å². The monoisotopic (exact) mass is 587 g/mol. The van der Waals surface area contributed by atoms with Crippen LogP contribution in [0.5, 0.6) is 0 Å². The van der Waals surface area contributed by atoms with Crippen molar-refractivity contribution in [3.05, 3.63) is 112 Å². The normalized spacial score (nSPS) is 13.4. The molecule has 1 saturated carbocycles. The summed E-state index contributed by atoms with van der Waals surface area (Å²) in [4.78, 5) is 26.8. The van der Waals surface area contributed by atoms with Crippen molar-refractivity contribution >= 4 is 59.2 Å². The molecule has 1 heterocycles. The number of fused-ring (bicyclic) bond motifs is 1. The van der Waals surface area contributed by atoms with E-state index in [1.807, 2.05) is 54.6 Å². The summed E-state index contributed by atoms with van der Waals surface area (Å²) in [5, 5.41) is 10.1. The lowest BCUT2D eigenvalue weighted by atomic mass is 9.99. The third kappa shape index (κ3) is 8.94. The van der Waals surface area contributed by atoms with E-state index in [-0.39, 0.29) is 11.4 Å². The lowest BCUT2D eigenvalue weighted by Gasteiger charge is -2.08. The molecule has 1 aromatic heterocycles. The second kappa shape index (κ2) is 14.3. The first-order chi connectivity index (χ1) is 19.8. The summed E-state index contributed by atoms with van der Waals surface area (Å²) < 4.78 is 4.89. The zero-order chi connectivity index (χ0) is 29.2. The predicted octanol–water partition coefficient (Wildman–Crippen LogP) is 8.19. The number of nitrogens with zero attached hydrogens (tertiary/aromatic N) is 1. The number of esters is 1. The van der Waals surface area contributed by atoms with Crippen molar-refractivity contribution in [1.82, 2.24) is 4.98 Å². The minimum absolute atomic E-state index is 0.0783. The van der Waals surface area contributed by atoms with Crippen molar-refractivity contribution in [1.29, 1.82) is 0 Å². The topological polar surface area (TPSA) is 76.5 Å². The smallest absolute Gasteiger partial charge is 0.338 e. The summed E-state index contributed by atoms with van der Waals surface area (Å²) in [6.45, 7) is 0. The molecule has 4 aromatic rings. The van der Waals surface area contributed by atoms with Gasteiger partial charge in [-0.1, -0.05) is 72.3 Å². The first-order valence-corrected chi connectivity index (χ1v) is 14.6. The number of rotatable bonds is 10. The van der Waals surface area contributed by atoms with E-state index in [9.17, 15) is 9.59 Å². The number of hydrogen-bond acceptors (Lipinski definition) is 5. The van der Waals surface area contributed by atoms with E-state index in [1.54, 1.807) is 0 Å². The molecule has 1 aliphatic rings. The van der Waals surface area contributed by atoms with Gasteiger partial charge in [-0.05, 0) is 90.3 Å². The number of halogens is 1. The van der Waals surface area contributed by atoms with Crippen LogP contribution in [0.2, 0.25) is 5.02 Å². The van der Waals surface area contributed by atoms with E-state index in [2.05, 4.69) is 54.0 Å². The van der Waals surface area contributed by atoms with Gasteiger partial charge in [-0.2, -0.15) is 12.6 Å². The fourth-order valence-corrected chi connectivity index (χ4v) is 5.25. The van der Waals surface area contributed by atoms with Crippen molar-refractivity contribution in [2.45, 2.75) is 38.5 Å². The van der Waals surface area contributed by atoms with Crippen LogP contribution in [0.1, 0.15) is 58.4 Å². The molecule has 0 unspecified atom stereocenters. The maximum Gasteiger partial charge on any atom is 0.338 e. The van der Waals surface area contributed by atoms with Crippen LogP contribution in [-0.2, 0) is 22.4 Å². The Kier molecular flexibility index (Phi) is 10.6. The second-order valence-electron chi connectivity index (χ2n) is 10.4. The Balaban J connectivity index is 0.000000367. The molecule has 0 radical (unpaired) electrons. The van der Waals surface area contributed by atoms with Crippen LogP contribution >= 0.6 is 24.2 Å². The molecule has 0 amide bonds. The standard InChI is InChI=1S/C28H24ClNO2.C6H10O2S/c1-32-28(31)26-11-3-2-9-22(26)10-5-8-20-6-4-7-21(18-20)12-16-25-17-14-23-13-15-24(29)19-27(23)30-25;7-5(8)3-6(4-9)1-2-6/h2-4,6-7,9,11-19H,5,8,10H2,1H3;9H,1-4H2,(H,7,8)/b16-12+;. The largest absolute Gasteiger partial charge is 0.481 e. The molecule has 0 atom stereocenters. The highest BCUT2D eigenvalue weighted by atomic mass is 35.5. The summed E-state index contributed by atoms with van der Waals surface area (Å²) in [6.07, 6.45) is 9.20. The minimum atomic E-state index is -0.693. The zero-order valence-corrected chi connectivity index (χ0v) is 24.7. The molecular weight excluding hydrogens is 554 g/mol. The number of thiol groups is 1. The number of carboxylic acids is 1. The van der Waals surface area contributed by atoms with Crippen LogP contribution < -0.4 is 0 Å². The number of pyridine rings is 1. The molecule has 3 aromatic carbocycles. The summed E-state index contributed by atoms with van der Waals surface area (Å²) >= 11 is 10.2. The molecule has 0 saturated heterocycles. The number of carbonyl (C=O) groups is 2. The molecule has 1 N–H and O–H groups in total. The minimum Gasteiger partial charge on any atom is -0.481 e. The second-order valence-corrected chi connectivity index (χ2v) is 11.1. The van der Waals surface area contributed by atoms with E-state index in [4.69, 9.17) is 21.4 Å². The average molecular weight is 588 g/mol. The van der Waals surface area contributed by atoms with Gasteiger partial charge in [0, 0.05) is 10.4 Å². The summed E-state index contributed by atoms with van der Waals surface area (Å²) in [5.41, 5.74) is 5.93. The Labute approximate surface area is 251 Å². The number of aromatic nitrogens is 1. The Morgan fingerprint density at radius 3 is 2.49 bits per heavy atom. The van der Waals surface area contributed by atoms with Gasteiger partial charge in [-0.25, -0.2) is 9.78 Å². The Hall–Kier alpha value is -3.61. The van der Waals surface area contributed by atoms with Crippen LogP contribution in [0.4, 0.5) is 0 Å². The SMILES string of the molecule is COC(=O)c1ccccc1CCCc1cccc(/C=C/c2ccc3ccc(Cl)cc3n2)c1.O=C(O)CC1(CS)CC1. The van der Waals surface area contributed by atoms with Crippen LogP contribution in [0.15, 0.2) is 78.9 Å². The van der Waals surface area contributed by atoms with Gasteiger partial charge in [-0.3, -0.25) is 4.79 Å². The molecule has 1 aliphatic carbocycles. The number of aryl methyl sites for hydroxylation is 2. The summed E-state index contributed by atoms with van der Waals surface area (Å²) in [5.74, 6) is -0.252. The van der Waals surface area contributed by atoms with Gasteiger partial charge in [0.05, 0.1) is 30.3 Å². The average Bonchev–Trinajstić information content (AvgIpc) is 3.75. The highest BCUT2D eigenvalue weighted by molar-refractivity contribution is 7.80. The van der Waals surface area contributed by atoms with Gasteiger partial charge in [0.15, 0.2) is 0 Å². The summed E-state index contributed by atoms with van der Waals surface area (Å²) in [6, 6.07) is 25.9. The molecule has 5 rings (SSSR count). The molecule has 7 heteroatoms. The quantitative estimate of drug-likeness (QED) is 0.144. The lowest BCUT2D eigenvalue weighted by Crippen LogP contribution is -2.09. The van der Waals surface area contributed by atoms with Gasteiger partial charge in [0.2, 0.25) is 0 Å². The van der Waals surface area contributed by atoms with Crippen molar-refractivity contribution in [3.8, 4) is 0 Å². The van der Waals surface area contributed by atoms with Crippen molar-refractivity contribution in [2.24, 2.45) is 5.41 Å². The highest BCUT2D eigenvalue weighted by Gasteiger charge is 2.42. The van der Waals surface area contributed by atoms with Crippen LogP contribution in [0, 0.1) is 5.41 Å². The van der Waals surface area contributed by atoms with Crippen LogP contribution in [0.3, 0.4) is 0 Å². The molecule has 5 nitrogen and oxygen atoms in total. The maximum absolute atomic E-state index is 11.9. The van der Waals surface area contributed by atoms with Gasteiger partial charge in [0.25, 0.3) is 0 Å². The van der Waals surface area contributed by atoms with E-state index in [0.29, 0.717) is 17.0 Å². The number of carbonyl (C=O) groups excluding carboxylic acids is 1. The van der Waals surface area contributed by atoms with Gasteiger partial charge < -0.3 is 9.84 Å². The number of benzene rings is 3. The van der Waals surface area contributed by atoms with E-state index in [0.717, 1.165) is 65.6 Å².